The highest BCUT2D eigenvalue weighted by atomic mass is 16.6. The molecule has 0 aliphatic carbocycles. The van der Waals surface area contributed by atoms with E-state index in [2.05, 4.69) is 0 Å². The minimum absolute atomic E-state index is 0.122. The molecule has 0 aliphatic rings. The normalized spacial score (nSPS) is 10.7. The molecule has 0 fully saturated rings. The number of nitro groups is 1. The van der Waals surface area contributed by atoms with Crippen molar-refractivity contribution >= 4 is 16.6 Å². The summed E-state index contributed by atoms with van der Waals surface area (Å²) >= 11 is 0. The van der Waals surface area contributed by atoms with E-state index in [1.54, 1.807) is 6.07 Å². The van der Waals surface area contributed by atoms with E-state index in [1.165, 1.54) is 6.07 Å². The van der Waals surface area contributed by atoms with Gasteiger partial charge in [0.2, 0.25) is 0 Å². The van der Waals surface area contributed by atoms with E-state index in [-0.39, 0.29) is 10.6 Å². The van der Waals surface area contributed by atoms with Crippen molar-refractivity contribution in [3.63, 3.8) is 0 Å². The molecule has 0 unspecified atom stereocenters. The maximum atomic E-state index is 11.1. The molecule has 1 aromatic heterocycles. The lowest BCUT2D eigenvalue weighted by Crippen LogP contribution is -2.08. The van der Waals surface area contributed by atoms with Gasteiger partial charge in [0, 0.05) is 17.6 Å². The molecule has 0 N–H and O–H groups in total. The number of aromatic nitrogens is 1. The van der Waals surface area contributed by atoms with Crippen LogP contribution in [0.2, 0.25) is 0 Å². The highest BCUT2D eigenvalue weighted by Gasteiger charge is 2.15. The molecule has 21 heavy (non-hydrogen) atoms. The Labute approximate surface area is 121 Å². The summed E-state index contributed by atoms with van der Waals surface area (Å²) in [6, 6.07) is 16.5. The van der Waals surface area contributed by atoms with Gasteiger partial charge in [-0.3, -0.25) is 10.1 Å². The van der Waals surface area contributed by atoms with Gasteiger partial charge in [-0.2, -0.15) is 0 Å². The minimum Gasteiger partial charge on any atom is -0.492 e. The second-order valence-corrected chi connectivity index (χ2v) is 4.64. The molecule has 0 bridgehead atoms. The van der Waals surface area contributed by atoms with Gasteiger partial charge < -0.3 is 9.30 Å². The Hall–Kier alpha value is -2.82. The average Bonchev–Trinajstić information content (AvgIpc) is 2.91. The highest BCUT2D eigenvalue weighted by Crippen LogP contribution is 2.26. The molecule has 5 heteroatoms. The number of non-ortho nitro benzene ring substituents is 1. The Kier molecular flexibility index (Phi) is 3.55. The van der Waals surface area contributed by atoms with E-state index in [4.69, 9.17) is 4.74 Å². The number of fused-ring (bicyclic) bond motifs is 1. The summed E-state index contributed by atoms with van der Waals surface area (Å²) in [5, 5.41) is 12.0. The third kappa shape index (κ3) is 2.72. The Morgan fingerprint density at radius 2 is 1.86 bits per heavy atom. The predicted molar refractivity (Wildman–Crippen MR) is 80.5 cm³/mol. The second kappa shape index (κ2) is 5.66. The van der Waals surface area contributed by atoms with Crippen LogP contribution in [0.4, 0.5) is 5.69 Å². The zero-order valence-corrected chi connectivity index (χ0v) is 11.3. The molecule has 0 spiro atoms. The SMILES string of the molecule is O=[N+]([O-])c1cccc2ccn(CCOc3ccccc3)c12. The first-order chi connectivity index (χ1) is 10.3. The van der Waals surface area contributed by atoms with Crippen molar-refractivity contribution in [3.05, 3.63) is 70.9 Å². The highest BCUT2D eigenvalue weighted by molar-refractivity contribution is 5.88. The molecule has 2 aromatic carbocycles. The average molecular weight is 282 g/mol. The van der Waals surface area contributed by atoms with E-state index in [0.29, 0.717) is 18.7 Å². The molecule has 0 saturated carbocycles. The van der Waals surface area contributed by atoms with Gasteiger partial charge in [0.15, 0.2) is 0 Å². The molecule has 0 aliphatic heterocycles. The van der Waals surface area contributed by atoms with Gasteiger partial charge in [-0.25, -0.2) is 0 Å². The van der Waals surface area contributed by atoms with Crippen LogP contribution in [0.5, 0.6) is 5.75 Å². The summed E-state index contributed by atoms with van der Waals surface area (Å²) in [5.41, 5.74) is 0.761. The number of hydrogen-bond acceptors (Lipinski definition) is 3. The van der Waals surface area contributed by atoms with Crippen molar-refractivity contribution in [1.82, 2.24) is 4.57 Å². The maximum absolute atomic E-state index is 11.1. The first-order valence-electron chi connectivity index (χ1n) is 6.66. The van der Waals surface area contributed by atoms with E-state index >= 15 is 0 Å². The van der Waals surface area contributed by atoms with Crippen molar-refractivity contribution in [3.8, 4) is 5.75 Å². The van der Waals surface area contributed by atoms with Crippen LogP contribution in [-0.2, 0) is 6.54 Å². The molecule has 5 nitrogen and oxygen atoms in total. The predicted octanol–water partition coefficient (Wildman–Crippen LogP) is 3.63. The molecule has 1 heterocycles. The standard InChI is InChI=1S/C16H14N2O3/c19-18(20)15-8-4-5-13-9-10-17(16(13)15)11-12-21-14-6-2-1-3-7-14/h1-10H,11-12H2. The summed E-state index contributed by atoms with van der Waals surface area (Å²) in [4.78, 5) is 10.8. The number of rotatable bonds is 5. The number of nitro benzene ring substituents is 1. The quantitative estimate of drug-likeness (QED) is 0.530. The molecule has 0 radical (unpaired) electrons. The molecule has 0 atom stereocenters. The lowest BCUT2D eigenvalue weighted by Gasteiger charge is -2.08. The first kappa shape index (κ1) is 13.2. The summed E-state index contributed by atoms with van der Waals surface area (Å²) < 4.78 is 7.50. The van der Waals surface area contributed by atoms with Crippen LogP contribution < -0.4 is 4.74 Å². The van der Waals surface area contributed by atoms with Gasteiger partial charge >= 0.3 is 0 Å². The van der Waals surface area contributed by atoms with E-state index < -0.39 is 0 Å². The fourth-order valence-electron chi connectivity index (χ4n) is 2.35. The second-order valence-electron chi connectivity index (χ2n) is 4.64. The van der Waals surface area contributed by atoms with Crippen molar-refractivity contribution in [1.29, 1.82) is 0 Å². The third-order valence-electron chi connectivity index (χ3n) is 3.31. The zero-order chi connectivity index (χ0) is 14.7. The van der Waals surface area contributed by atoms with E-state index in [1.807, 2.05) is 53.2 Å². The summed E-state index contributed by atoms with van der Waals surface area (Å²) in [6.45, 7) is 1.02. The van der Waals surface area contributed by atoms with Gasteiger partial charge in [0.1, 0.15) is 17.9 Å². The Morgan fingerprint density at radius 3 is 2.62 bits per heavy atom. The van der Waals surface area contributed by atoms with Crippen LogP contribution in [0.1, 0.15) is 0 Å². The van der Waals surface area contributed by atoms with Gasteiger partial charge in [-0.1, -0.05) is 30.3 Å². The zero-order valence-electron chi connectivity index (χ0n) is 11.3. The summed E-state index contributed by atoms with van der Waals surface area (Å²) in [6.07, 6.45) is 1.85. The fraction of sp³-hybridized carbons (Fsp3) is 0.125. The maximum Gasteiger partial charge on any atom is 0.293 e. The number of benzene rings is 2. The molecule has 3 aromatic rings. The van der Waals surface area contributed by atoms with Crippen molar-refractivity contribution in [2.75, 3.05) is 6.61 Å². The molecule has 0 amide bonds. The Morgan fingerprint density at radius 1 is 1.05 bits per heavy atom. The van der Waals surface area contributed by atoms with E-state index in [9.17, 15) is 10.1 Å². The van der Waals surface area contributed by atoms with Crippen molar-refractivity contribution in [2.24, 2.45) is 0 Å². The monoisotopic (exact) mass is 282 g/mol. The summed E-state index contributed by atoms with van der Waals surface area (Å²) in [7, 11) is 0. The fourth-order valence-corrected chi connectivity index (χ4v) is 2.35. The van der Waals surface area contributed by atoms with Gasteiger partial charge in [-0.05, 0) is 18.2 Å². The molecule has 0 saturated heterocycles. The van der Waals surface area contributed by atoms with Crippen LogP contribution in [0.25, 0.3) is 10.9 Å². The third-order valence-corrected chi connectivity index (χ3v) is 3.31. The lowest BCUT2D eigenvalue weighted by atomic mass is 10.2. The minimum atomic E-state index is -0.350. The van der Waals surface area contributed by atoms with Crippen LogP contribution in [0, 0.1) is 10.1 Å². The van der Waals surface area contributed by atoms with Gasteiger partial charge in [-0.15, -0.1) is 0 Å². The topological polar surface area (TPSA) is 57.3 Å². The largest absolute Gasteiger partial charge is 0.492 e. The summed E-state index contributed by atoms with van der Waals surface area (Å²) in [5.74, 6) is 0.795. The van der Waals surface area contributed by atoms with Crippen molar-refractivity contribution < 1.29 is 9.66 Å². The van der Waals surface area contributed by atoms with E-state index in [0.717, 1.165) is 11.1 Å². The van der Waals surface area contributed by atoms with Crippen LogP contribution >= 0.6 is 0 Å². The van der Waals surface area contributed by atoms with Crippen molar-refractivity contribution in [2.45, 2.75) is 6.54 Å². The Balaban J connectivity index is 1.80. The number of hydrogen-bond donors (Lipinski definition) is 0. The molecular formula is C16H14N2O3. The van der Waals surface area contributed by atoms with Gasteiger partial charge in [0.05, 0.1) is 11.5 Å². The van der Waals surface area contributed by atoms with Crippen LogP contribution in [0.3, 0.4) is 0 Å². The van der Waals surface area contributed by atoms with Crippen LogP contribution in [-0.4, -0.2) is 16.1 Å². The van der Waals surface area contributed by atoms with Crippen LogP contribution in [0.15, 0.2) is 60.8 Å². The smallest absolute Gasteiger partial charge is 0.293 e. The number of nitrogens with zero attached hydrogens (tertiary/aromatic N) is 2. The molecule has 3 rings (SSSR count). The number of ether oxygens (including phenoxy) is 1. The number of para-hydroxylation sites is 2. The lowest BCUT2D eigenvalue weighted by molar-refractivity contribution is -0.383. The molecule has 106 valence electrons. The van der Waals surface area contributed by atoms with Gasteiger partial charge in [0.25, 0.3) is 5.69 Å². The first-order valence-corrected chi connectivity index (χ1v) is 6.66. The Bertz CT molecular complexity index is 766. The molecular weight excluding hydrogens is 268 g/mol.